The van der Waals surface area contributed by atoms with Crippen LogP contribution in [0.5, 0.6) is 17.2 Å². The van der Waals surface area contributed by atoms with E-state index in [1.807, 2.05) is 6.07 Å². The summed E-state index contributed by atoms with van der Waals surface area (Å²) in [5, 5.41) is 18.1. The maximum absolute atomic E-state index is 9.24. The van der Waals surface area contributed by atoms with Gasteiger partial charge < -0.3 is 14.6 Å². The van der Waals surface area contributed by atoms with Crippen molar-refractivity contribution >= 4 is 11.6 Å². The van der Waals surface area contributed by atoms with E-state index in [0.29, 0.717) is 16.5 Å². The zero-order chi connectivity index (χ0) is 13.7. The molecule has 5 heteroatoms. The monoisotopic (exact) mass is 275 g/mol. The van der Waals surface area contributed by atoms with E-state index in [4.69, 9.17) is 26.3 Å². The third-order valence-electron chi connectivity index (χ3n) is 2.43. The van der Waals surface area contributed by atoms with Gasteiger partial charge in [0, 0.05) is 11.6 Å². The van der Waals surface area contributed by atoms with Crippen molar-refractivity contribution in [2.75, 3.05) is 0 Å². The second-order valence-electron chi connectivity index (χ2n) is 3.70. The van der Waals surface area contributed by atoms with Crippen LogP contribution in [-0.2, 0) is 6.61 Å². The van der Waals surface area contributed by atoms with Gasteiger partial charge in [-0.05, 0) is 18.2 Å². The summed E-state index contributed by atoms with van der Waals surface area (Å²) in [5.74, 6) is 0.969. The van der Waals surface area contributed by atoms with Gasteiger partial charge in [0.05, 0.1) is 5.02 Å². The van der Waals surface area contributed by atoms with Gasteiger partial charge in [-0.25, -0.2) is 0 Å². The Labute approximate surface area is 115 Å². The molecule has 4 nitrogen and oxygen atoms in total. The summed E-state index contributed by atoms with van der Waals surface area (Å²) in [7, 11) is 0. The van der Waals surface area contributed by atoms with Crippen LogP contribution in [0.25, 0.3) is 0 Å². The Morgan fingerprint density at radius 3 is 2.68 bits per heavy atom. The molecule has 0 radical (unpaired) electrons. The number of rotatable bonds is 4. The summed E-state index contributed by atoms with van der Waals surface area (Å²) < 4.78 is 10.4. The van der Waals surface area contributed by atoms with Crippen LogP contribution in [0.3, 0.4) is 0 Å². The van der Waals surface area contributed by atoms with Crippen molar-refractivity contribution in [1.29, 1.82) is 5.26 Å². The average Bonchev–Trinajstić information content (AvgIpc) is 2.40. The molecule has 0 aliphatic rings. The molecule has 0 spiro atoms. The van der Waals surface area contributed by atoms with Crippen LogP contribution in [0.2, 0.25) is 5.02 Å². The SMILES string of the molecule is N#COc1ccccc1COc1ccc(O)cc1Cl. The molecule has 0 fully saturated rings. The van der Waals surface area contributed by atoms with Crippen molar-refractivity contribution in [2.45, 2.75) is 6.61 Å². The number of aromatic hydroxyl groups is 1. The Kier molecular flexibility index (Phi) is 4.11. The summed E-state index contributed by atoms with van der Waals surface area (Å²) in [6.07, 6.45) is 1.63. The van der Waals surface area contributed by atoms with Crippen LogP contribution in [0.15, 0.2) is 42.5 Å². The fraction of sp³-hybridized carbons (Fsp3) is 0.0714. The molecule has 2 rings (SSSR count). The Bertz CT molecular complexity index is 622. The number of benzene rings is 2. The Morgan fingerprint density at radius 2 is 1.95 bits per heavy atom. The van der Waals surface area contributed by atoms with Crippen molar-refractivity contribution in [3.05, 3.63) is 53.1 Å². The lowest BCUT2D eigenvalue weighted by Gasteiger charge is -2.10. The van der Waals surface area contributed by atoms with E-state index in [1.165, 1.54) is 12.1 Å². The lowest BCUT2D eigenvalue weighted by atomic mass is 10.2. The normalized spacial score (nSPS) is 9.68. The van der Waals surface area contributed by atoms with Gasteiger partial charge in [-0.15, -0.1) is 5.26 Å². The maximum atomic E-state index is 9.24. The first kappa shape index (κ1) is 13.1. The first-order valence-electron chi connectivity index (χ1n) is 5.46. The largest absolute Gasteiger partial charge is 0.508 e. The van der Waals surface area contributed by atoms with E-state index in [9.17, 15) is 5.11 Å². The molecule has 0 saturated heterocycles. The van der Waals surface area contributed by atoms with Crippen LogP contribution < -0.4 is 9.47 Å². The number of halogens is 1. The van der Waals surface area contributed by atoms with E-state index < -0.39 is 0 Å². The van der Waals surface area contributed by atoms with Crippen LogP contribution >= 0.6 is 11.6 Å². The molecule has 0 aromatic heterocycles. The highest BCUT2D eigenvalue weighted by Gasteiger charge is 2.06. The molecular weight excluding hydrogens is 266 g/mol. The standard InChI is InChI=1S/C14H10ClNO3/c15-12-7-11(17)5-6-14(12)18-8-10-3-1-2-4-13(10)19-9-16/h1-7,17H,8H2. The van der Waals surface area contributed by atoms with Gasteiger partial charge in [-0.1, -0.05) is 29.8 Å². The first-order valence-corrected chi connectivity index (χ1v) is 5.83. The topological polar surface area (TPSA) is 62.5 Å². The molecule has 19 heavy (non-hydrogen) atoms. The molecule has 96 valence electrons. The smallest absolute Gasteiger partial charge is 0.292 e. The van der Waals surface area contributed by atoms with E-state index in [-0.39, 0.29) is 12.4 Å². The van der Waals surface area contributed by atoms with Gasteiger partial charge in [0.1, 0.15) is 23.9 Å². The van der Waals surface area contributed by atoms with E-state index in [1.54, 1.807) is 30.5 Å². The van der Waals surface area contributed by atoms with Crippen molar-refractivity contribution in [3.8, 4) is 23.5 Å². The molecule has 0 heterocycles. The molecule has 0 aliphatic carbocycles. The van der Waals surface area contributed by atoms with Crippen LogP contribution in [-0.4, -0.2) is 5.11 Å². The van der Waals surface area contributed by atoms with E-state index >= 15 is 0 Å². The highest BCUT2D eigenvalue weighted by Crippen LogP contribution is 2.29. The Balaban J connectivity index is 2.12. The third-order valence-corrected chi connectivity index (χ3v) is 2.72. The van der Waals surface area contributed by atoms with Gasteiger partial charge >= 0.3 is 0 Å². The number of nitrogens with zero attached hydrogens (tertiary/aromatic N) is 1. The number of hydrogen-bond donors (Lipinski definition) is 1. The number of ether oxygens (including phenoxy) is 2. The fourth-order valence-corrected chi connectivity index (χ4v) is 1.76. The van der Waals surface area contributed by atoms with Crippen LogP contribution in [0.4, 0.5) is 0 Å². The number of nitriles is 1. The minimum Gasteiger partial charge on any atom is -0.508 e. The van der Waals surface area contributed by atoms with Crippen molar-refractivity contribution in [1.82, 2.24) is 0 Å². The maximum Gasteiger partial charge on any atom is 0.292 e. The summed E-state index contributed by atoms with van der Waals surface area (Å²) in [4.78, 5) is 0. The molecule has 0 bridgehead atoms. The molecule has 2 aromatic rings. The van der Waals surface area contributed by atoms with Crippen molar-refractivity contribution in [3.63, 3.8) is 0 Å². The summed E-state index contributed by atoms with van der Waals surface area (Å²) in [6, 6.07) is 11.5. The number of phenols is 1. The van der Waals surface area contributed by atoms with Gasteiger partial charge in [0.2, 0.25) is 0 Å². The molecule has 0 aliphatic heterocycles. The third kappa shape index (κ3) is 3.30. The lowest BCUT2D eigenvalue weighted by Crippen LogP contribution is -1.98. The molecule has 2 aromatic carbocycles. The fourth-order valence-electron chi connectivity index (χ4n) is 1.53. The molecule has 0 amide bonds. The molecule has 0 saturated carbocycles. The van der Waals surface area contributed by atoms with Crippen LogP contribution in [0.1, 0.15) is 5.56 Å². The van der Waals surface area contributed by atoms with Gasteiger partial charge in [-0.3, -0.25) is 0 Å². The summed E-state index contributed by atoms with van der Waals surface area (Å²) in [6.45, 7) is 0.211. The number of para-hydroxylation sites is 1. The second-order valence-corrected chi connectivity index (χ2v) is 4.11. The number of phenolic OH excluding ortho intramolecular Hbond substituents is 1. The zero-order valence-electron chi connectivity index (χ0n) is 9.84. The average molecular weight is 276 g/mol. The quantitative estimate of drug-likeness (QED) is 0.868. The molecular formula is C14H10ClNO3. The van der Waals surface area contributed by atoms with E-state index in [0.717, 1.165) is 5.56 Å². The highest BCUT2D eigenvalue weighted by molar-refractivity contribution is 6.32. The Hall–Kier alpha value is -2.38. The molecule has 0 unspecified atom stereocenters. The molecule has 1 N–H and O–H groups in total. The zero-order valence-corrected chi connectivity index (χ0v) is 10.6. The van der Waals surface area contributed by atoms with Gasteiger partial charge in [0.25, 0.3) is 6.26 Å². The lowest BCUT2D eigenvalue weighted by molar-refractivity contribution is 0.300. The van der Waals surface area contributed by atoms with Crippen LogP contribution in [0, 0.1) is 11.5 Å². The summed E-state index contributed by atoms with van der Waals surface area (Å²) in [5.41, 5.74) is 0.730. The Morgan fingerprint density at radius 1 is 1.16 bits per heavy atom. The van der Waals surface area contributed by atoms with Crippen molar-refractivity contribution < 1.29 is 14.6 Å². The van der Waals surface area contributed by atoms with Gasteiger partial charge in [-0.2, -0.15) is 0 Å². The second kappa shape index (κ2) is 5.98. The van der Waals surface area contributed by atoms with Gasteiger partial charge in [0.15, 0.2) is 0 Å². The predicted molar refractivity (Wildman–Crippen MR) is 70.1 cm³/mol. The first-order chi connectivity index (χ1) is 9.20. The highest BCUT2D eigenvalue weighted by atomic mass is 35.5. The molecule has 0 atom stereocenters. The summed E-state index contributed by atoms with van der Waals surface area (Å²) >= 11 is 5.93. The number of hydrogen-bond acceptors (Lipinski definition) is 4. The van der Waals surface area contributed by atoms with E-state index in [2.05, 4.69) is 0 Å². The minimum absolute atomic E-state index is 0.0746. The van der Waals surface area contributed by atoms with Crippen molar-refractivity contribution in [2.24, 2.45) is 0 Å². The predicted octanol–water partition coefficient (Wildman–Crippen LogP) is 3.48. The minimum atomic E-state index is 0.0746.